The predicted octanol–water partition coefficient (Wildman–Crippen LogP) is 1.73. The lowest BCUT2D eigenvalue weighted by molar-refractivity contribution is 0.516. The maximum Gasteiger partial charge on any atom is 0.0336 e. The third-order valence-electron chi connectivity index (χ3n) is 1.45. The molecule has 0 aliphatic rings. The normalized spacial score (nSPS) is 16.2. The zero-order valence-electron chi connectivity index (χ0n) is 7.09. The molecule has 0 saturated carbocycles. The van der Waals surface area contributed by atoms with Crippen LogP contribution in [0.2, 0.25) is 0 Å². The number of hydrogen-bond donors (Lipinski definition) is 1. The summed E-state index contributed by atoms with van der Waals surface area (Å²) in [7, 11) is -3.18. The summed E-state index contributed by atoms with van der Waals surface area (Å²) >= 11 is 0. The summed E-state index contributed by atoms with van der Waals surface area (Å²) in [5.41, 5.74) is 0. The zero-order valence-corrected chi connectivity index (χ0v) is 7.91. The van der Waals surface area contributed by atoms with Gasteiger partial charge in [0, 0.05) is 17.8 Å². The van der Waals surface area contributed by atoms with E-state index < -0.39 is 9.35 Å². The molecule has 0 aromatic heterocycles. The van der Waals surface area contributed by atoms with Gasteiger partial charge in [-0.2, -0.15) is 9.35 Å². The highest BCUT2D eigenvalue weighted by Gasteiger charge is 2.17. The fourth-order valence-electron chi connectivity index (χ4n) is 1.15. The van der Waals surface area contributed by atoms with Crippen LogP contribution in [0.4, 0.5) is 0 Å². The van der Waals surface area contributed by atoms with Gasteiger partial charge in [0.15, 0.2) is 0 Å². The Morgan fingerprint density at radius 3 is 1.70 bits per heavy atom. The molecule has 0 heterocycles. The molecule has 2 nitrogen and oxygen atoms in total. The first kappa shape index (κ1) is 10.1. The minimum atomic E-state index is -3.18. The Bertz CT molecular complexity index is 145. The van der Waals surface area contributed by atoms with Crippen LogP contribution in [0.1, 0.15) is 26.7 Å². The summed E-state index contributed by atoms with van der Waals surface area (Å²) < 4.78 is 21.1. The van der Waals surface area contributed by atoms with E-state index in [1.807, 2.05) is 13.8 Å². The summed E-state index contributed by atoms with van der Waals surface area (Å²) in [5.74, 6) is 0.899. The molecular formula is C7H18O2S. The molecule has 64 valence electrons. The largest absolute Gasteiger partial charge is 0.303 e. The van der Waals surface area contributed by atoms with E-state index in [0.717, 1.165) is 12.8 Å². The third-order valence-corrected chi connectivity index (χ3v) is 4.36. The van der Waals surface area contributed by atoms with E-state index in [1.54, 1.807) is 0 Å². The molecule has 0 aliphatic carbocycles. The van der Waals surface area contributed by atoms with E-state index in [2.05, 4.69) is 0 Å². The lowest BCUT2D eigenvalue weighted by Crippen LogP contribution is -2.37. The Morgan fingerprint density at radius 1 is 1.20 bits per heavy atom. The van der Waals surface area contributed by atoms with Crippen molar-refractivity contribution >= 4 is 9.35 Å². The van der Waals surface area contributed by atoms with Crippen LogP contribution in [0, 0.1) is 0 Å². The van der Waals surface area contributed by atoms with Crippen LogP contribution in [-0.4, -0.2) is 26.5 Å². The Balaban J connectivity index is 4.13. The SMILES string of the molecule is CCCS(C)(=O)(O)CCC. The number of rotatable bonds is 4. The molecular weight excluding hydrogens is 148 g/mol. The van der Waals surface area contributed by atoms with Gasteiger partial charge in [0.1, 0.15) is 0 Å². The van der Waals surface area contributed by atoms with Gasteiger partial charge in [-0.05, 0) is 12.8 Å². The Morgan fingerprint density at radius 2 is 1.50 bits per heavy atom. The molecule has 10 heavy (non-hydrogen) atoms. The van der Waals surface area contributed by atoms with Gasteiger partial charge >= 0.3 is 0 Å². The molecule has 0 aliphatic heterocycles. The van der Waals surface area contributed by atoms with E-state index in [1.165, 1.54) is 6.26 Å². The van der Waals surface area contributed by atoms with Crippen LogP contribution >= 0.6 is 0 Å². The maximum atomic E-state index is 11.5. The van der Waals surface area contributed by atoms with Gasteiger partial charge in [-0.25, -0.2) is 4.21 Å². The molecule has 0 radical (unpaired) electrons. The van der Waals surface area contributed by atoms with Crippen LogP contribution in [0.15, 0.2) is 0 Å². The monoisotopic (exact) mass is 166 g/mol. The first-order valence-electron chi connectivity index (χ1n) is 3.75. The molecule has 0 fully saturated rings. The summed E-state index contributed by atoms with van der Waals surface area (Å²) in [6.45, 7) is 3.87. The zero-order chi connectivity index (χ0) is 8.28. The highest BCUT2D eigenvalue weighted by atomic mass is 32.3. The fraction of sp³-hybridized carbons (Fsp3) is 1.00. The fourth-order valence-corrected chi connectivity index (χ4v) is 3.44. The van der Waals surface area contributed by atoms with Crippen molar-refractivity contribution in [1.29, 1.82) is 0 Å². The van der Waals surface area contributed by atoms with Crippen molar-refractivity contribution in [3.8, 4) is 0 Å². The van der Waals surface area contributed by atoms with Crippen molar-refractivity contribution in [2.45, 2.75) is 26.7 Å². The van der Waals surface area contributed by atoms with Crippen molar-refractivity contribution in [3.05, 3.63) is 0 Å². The van der Waals surface area contributed by atoms with Crippen LogP contribution in [-0.2, 0) is 9.35 Å². The minimum Gasteiger partial charge on any atom is -0.303 e. The summed E-state index contributed by atoms with van der Waals surface area (Å²) in [6, 6.07) is 0. The third kappa shape index (κ3) is 4.01. The van der Waals surface area contributed by atoms with E-state index >= 15 is 0 Å². The molecule has 0 saturated heterocycles. The molecule has 0 atom stereocenters. The molecule has 0 unspecified atom stereocenters. The average molecular weight is 166 g/mol. The van der Waals surface area contributed by atoms with Gasteiger partial charge in [0.05, 0.1) is 0 Å². The summed E-state index contributed by atoms with van der Waals surface area (Å²) in [5, 5.41) is 0. The van der Waals surface area contributed by atoms with E-state index in [4.69, 9.17) is 0 Å². The molecule has 1 N–H and O–H groups in total. The molecule has 0 rings (SSSR count). The smallest absolute Gasteiger partial charge is 0.0336 e. The van der Waals surface area contributed by atoms with Crippen molar-refractivity contribution < 1.29 is 8.76 Å². The van der Waals surface area contributed by atoms with Crippen LogP contribution in [0.25, 0.3) is 0 Å². The Hall–Kier alpha value is 0.110. The second-order valence-corrected chi connectivity index (χ2v) is 7.32. The quantitative estimate of drug-likeness (QED) is 0.690. The van der Waals surface area contributed by atoms with Gasteiger partial charge in [-0.3, -0.25) is 0 Å². The first-order valence-corrected chi connectivity index (χ1v) is 6.42. The molecule has 0 amide bonds. The van der Waals surface area contributed by atoms with Gasteiger partial charge in [-0.1, -0.05) is 13.8 Å². The first-order chi connectivity index (χ1) is 4.39. The van der Waals surface area contributed by atoms with E-state index in [-0.39, 0.29) is 0 Å². The number of hydrogen-bond acceptors (Lipinski definition) is 1. The molecule has 0 aromatic carbocycles. The van der Waals surface area contributed by atoms with Gasteiger partial charge in [0.25, 0.3) is 0 Å². The van der Waals surface area contributed by atoms with Gasteiger partial charge in [-0.15, -0.1) is 0 Å². The topological polar surface area (TPSA) is 37.3 Å². The van der Waals surface area contributed by atoms with Gasteiger partial charge in [0.2, 0.25) is 0 Å². The molecule has 0 bridgehead atoms. The lowest BCUT2D eigenvalue weighted by atomic mass is 10.6. The van der Waals surface area contributed by atoms with Crippen molar-refractivity contribution in [2.24, 2.45) is 0 Å². The summed E-state index contributed by atoms with van der Waals surface area (Å²) in [4.78, 5) is 0. The van der Waals surface area contributed by atoms with Crippen molar-refractivity contribution in [2.75, 3.05) is 17.8 Å². The van der Waals surface area contributed by atoms with Crippen molar-refractivity contribution in [1.82, 2.24) is 0 Å². The van der Waals surface area contributed by atoms with Crippen molar-refractivity contribution in [3.63, 3.8) is 0 Å². The molecule has 0 spiro atoms. The maximum absolute atomic E-state index is 11.5. The molecule has 0 aromatic rings. The second kappa shape index (κ2) is 3.01. The van der Waals surface area contributed by atoms with Crippen LogP contribution in [0.5, 0.6) is 0 Å². The van der Waals surface area contributed by atoms with E-state index in [9.17, 15) is 8.76 Å². The Labute approximate surface area is 63.2 Å². The van der Waals surface area contributed by atoms with E-state index in [0.29, 0.717) is 11.5 Å². The highest BCUT2D eigenvalue weighted by Crippen LogP contribution is 2.18. The van der Waals surface area contributed by atoms with Gasteiger partial charge < -0.3 is 4.55 Å². The minimum absolute atomic E-state index is 0.449. The summed E-state index contributed by atoms with van der Waals surface area (Å²) in [6.07, 6.45) is 3.07. The average Bonchev–Trinajstić information content (AvgIpc) is 1.61. The standard InChI is InChI=1S/C7H18O2S/c1-4-6-10(3,8,9)7-5-2/h4-7H2,1-3H3,(H,8,9). The Kier molecular flexibility index (Phi) is 3.04. The van der Waals surface area contributed by atoms with Crippen LogP contribution < -0.4 is 0 Å². The lowest BCUT2D eigenvalue weighted by Gasteiger charge is -2.38. The van der Waals surface area contributed by atoms with Crippen LogP contribution in [0.3, 0.4) is 0 Å². The molecule has 3 heteroatoms. The highest BCUT2D eigenvalue weighted by molar-refractivity contribution is 8.14. The predicted molar refractivity (Wildman–Crippen MR) is 47.0 cm³/mol. The second-order valence-electron chi connectivity index (χ2n) is 3.11.